The van der Waals surface area contributed by atoms with Gasteiger partial charge in [-0.2, -0.15) is 0 Å². The summed E-state index contributed by atoms with van der Waals surface area (Å²) in [5.41, 5.74) is 2.07. The molecule has 1 aliphatic rings. The molecule has 3 aromatic rings. The molecule has 1 atom stereocenters. The van der Waals surface area contributed by atoms with Gasteiger partial charge in [-0.15, -0.1) is 6.58 Å². The van der Waals surface area contributed by atoms with Crippen LogP contribution in [0.25, 0.3) is 11.0 Å². The molecule has 0 N–H and O–H groups in total. The third-order valence-corrected chi connectivity index (χ3v) is 5.47. The summed E-state index contributed by atoms with van der Waals surface area (Å²) in [5, 5.41) is 0.698. The zero-order valence-corrected chi connectivity index (χ0v) is 17.0. The molecule has 0 unspecified atom stereocenters. The molecule has 1 fully saturated rings. The van der Waals surface area contributed by atoms with Gasteiger partial charge in [0.25, 0.3) is 0 Å². The molecule has 0 radical (unpaired) electrons. The number of imidazole rings is 1. The monoisotopic (exact) mass is 409 g/mol. The minimum absolute atomic E-state index is 0.104. The van der Waals surface area contributed by atoms with E-state index in [4.69, 9.17) is 21.3 Å². The van der Waals surface area contributed by atoms with E-state index >= 15 is 0 Å². The number of benzene rings is 2. The first-order valence-corrected chi connectivity index (χ1v) is 10.3. The van der Waals surface area contributed by atoms with E-state index in [1.807, 2.05) is 47.4 Å². The highest BCUT2D eigenvalue weighted by Crippen LogP contribution is 2.30. The number of hydrogen-bond donors (Lipinski definition) is 0. The molecule has 0 bridgehead atoms. The zero-order chi connectivity index (χ0) is 20.2. The van der Waals surface area contributed by atoms with Crippen LogP contribution in [0.2, 0.25) is 5.02 Å². The molecule has 5 nitrogen and oxygen atoms in total. The fraction of sp³-hybridized carbons (Fsp3) is 0.304. The maximum atomic E-state index is 12.3. The number of hydrogen-bond acceptors (Lipinski definition) is 3. The van der Waals surface area contributed by atoms with Crippen LogP contribution in [0.4, 0.5) is 0 Å². The van der Waals surface area contributed by atoms with Crippen molar-refractivity contribution in [3.8, 4) is 5.75 Å². The molecular weight excluding hydrogens is 386 g/mol. The number of para-hydroxylation sites is 2. The molecule has 29 heavy (non-hydrogen) atoms. The number of rotatable bonds is 8. The lowest BCUT2D eigenvalue weighted by atomic mass is 10.1. The van der Waals surface area contributed by atoms with Crippen molar-refractivity contribution in [3.63, 3.8) is 0 Å². The molecule has 1 saturated heterocycles. The first-order chi connectivity index (χ1) is 14.2. The van der Waals surface area contributed by atoms with Crippen LogP contribution in [0, 0.1) is 0 Å². The van der Waals surface area contributed by atoms with E-state index in [0.29, 0.717) is 31.1 Å². The van der Waals surface area contributed by atoms with Gasteiger partial charge >= 0.3 is 0 Å². The van der Waals surface area contributed by atoms with Crippen molar-refractivity contribution in [2.24, 2.45) is 0 Å². The molecule has 1 aromatic heterocycles. The molecule has 2 heterocycles. The van der Waals surface area contributed by atoms with Crippen molar-refractivity contribution >= 4 is 28.5 Å². The fourth-order valence-electron chi connectivity index (χ4n) is 3.86. The number of amides is 1. The van der Waals surface area contributed by atoms with Crippen LogP contribution in [0.1, 0.15) is 24.6 Å². The second kappa shape index (κ2) is 8.70. The van der Waals surface area contributed by atoms with Crippen LogP contribution in [0.3, 0.4) is 0 Å². The van der Waals surface area contributed by atoms with Crippen molar-refractivity contribution in [1.82, 2.24) is 14.5 Å². The average molecular weight is 410 g/mol. The molecule has 150 valence electrons. The van der Waals surface area contributed by atoms with Crippen LogP contribution in [0.5, 0.6) is 5.75 Å². The van der Waals surface area contributed by atoms with Crippen molar-refractivity contribution < 1.29 is 9.53 Å². The number of fused-ring (bicyclic) bond motifs is 1. The van der Waals surface area contributed by atoms with Gasteiger partial charge in [0, 0.05) is 37.0 Å². The third kappa shape index (κ3) is 4.30. The number of carbonyl (C=O) groups excluding carboxylic acids is 1. The van der Waals surface area contributed by atoms with Gasteiger partial charge < -0.3 is 14.2 Å². The van der Waals surface area contributed by atoms with Gasteiger partial charge in [0.1, 0.15) is 11.6 Å². The van der Waals surface area contributed by atoms with Crippen LogP contribution < -0.4 is 4.74 Å². The van der Waals surface area contributed by atoms with E-state index in [9.17, 15) is 4.79 Å². The zero-order valence-electron chi connectivity index (χ0n) is 16.3. The lowest BCUT2D eigenvalue weighted by Crippen LogP contribution is -2.25. The van der Waals surface area contributed by atoms with Crippen LogP contribution in [-0.2, 0) is 11.3 Å². The average Bonchev–Trinajstić information content (AvgIpc) is 3.27. The maximum Gasteiger partial charge on any atom is 0.223 e. The summed E-state index contributed by atoms with van der Waals surface area (Å²) in [4.78, 5) is 19.1. The SMILES string of the molecule is C=CCN1C[C@@H](c2nc3ccccc3n2CCCOc2ccc(Cl)cc2)CC1=O. The van der Waals surface area contributed by atoms with E-state index in [0.717, 1.165) is 35.6 Å². The second-order valence-corrected chi connectivity index (χ2v) is 7.69. The predicted octanol–water partition coefficient (Wildman–Crippen LogP) is 4.66. The highest BCUT2D eigenvalue weighted by molar-refractivity contribution is 6.30. The Kier molecular flexibility index (Phi) is 5.86. The van der Waals surface area contributed by atoms with Gasteiger partial charge in [-0.05, 0) is 42.8 Å². The standard InChI is InChI=1S/C23H24ClN3O2/c1-2-12-26-16-17(15-22(26)28)23-25-20-6-3-4-7-21(20)27(23)13-5-14-29-19-10-8-18(24)9-11-19/h2-4,6-11,17H,1,5,12-16H2/t17-/m0/s1. The van der Waals surface area contributed by atoms with Gasteiger partial charge in [0.05, 0.1) is 17.6 Å². The Balaban J connectivity index is 1.49. The maximum absolute atomic E-state index is 12.3. The Bertz CT molecular complexity index is 1010. The summed E-state index contributed by atoms with van der Waals surface area (Å²) in [7, 11) is 0. The van der Waals surface area contributed by atoms with Crippen LogP contribution >= 0.6 is 11.6 Å². The van der Waals surface area contributed by atoms with Gasteiger partial charge in [-0.25, -0.2) is 4.98 Å². The molecular formula is C23H24ClN3O2. The minimum Gasteiger partial charge on any atom is -0.494 e. The van der Waals surface area contributed by atoms with Crippen LogP contribution in [-0.4, -0.2) is 40.1 Å². The summed E-state index contributed by atoms with van der Waals surface area (Å²) < 4.78 is 8.08. The van der Waals surface area contributed by atoms with Crippen molar-refractivity contribution in [1.29, 1.82) is 0 Å². The predicted molar refractivity (Wildman–Crippen MR) is 115 cm³/mol. The first-order valence-electron chi connectivity index (χ1n) is 9.88. The summed E-state index contributed by atoms with van der Waals surface area (Å²) >= 11 is 5.92. The van der Waals surface area contributed by atoms with Crippen molar-refractivity contribution in [2.45, 2.75) is 25.3 Å². The number of halogens is 1. The Morgan fingerprint density at radius 2 is 2.00 bits per heavy atom. The summed E-state index contributed by atoms with van der Waals surface area (Å²) in [6.07, 6.45) is 3.11. The smallest absolute Gasteiger partial charge is 0.223 e. The van der Waals surface area contributed by atoms with Gasteiger partial charge in [-0.1, -0.05) is 29.8 Å². The number of aromatic nitrogens is 2. The topological polar surface area (TPSA) is 47.4 Å². The lowest BCUT2D eigenvalue weighted by Gasteiger charge is -2.16. The number of ether oxygens (including phenoxy) is 1. The number of carbonyl (C=O) groups is 1. The largest absolute Gasteiger partial charge is 0.494 e. The van der Waals surface area contributed by atoms with E-state index in [2.05, 4.69) is 17.2 Å². The van der Waals surface area contributed by atoms with Crippen molar-refractivity contribution in [2.75, 3.05) is 19.7 Å². The number of aryl methyl sites for hydroxylation is 1. The molecule has 1 amide bonds. The minimum atomic E-state index is 0.104. The molecule has 4 rings (SSSR count). The summed E-state index contributed by atoms with van der Waals surface area (Å²) in [6, 6.07) is 15.5. The third-order valence-electron chi connectivity index (χ3n) is 5.22. The van der Waals surface area contributed by atoms with Gasteiger partial charge in [-0.3, -0.25) is 4.79 Å². The lowest BCUT2D eigenvalue weighted by molar-refractivity contribution is -0.127. The first kappa shape index (κ1) is 19.5. The number of likely N-dealkylation sites (tertiary alicyclic amines) is 1. The Morgan fingerprint density at radius 1 is 1.21 bits per heavy atom. The Morgan fingerprint density at radius 3 is 2.79 bits per heavy atom. The van der Waals surface area contributed by atoms with Crippen LogP contribution in [0.15, 0.2) is 61.2 Å². The van der Waals surface area contributed by atoms with E-state index in [1.165, 1.54) is 0 Å². The Hall–Kier alpha value is -2.79. The second-order valence-electron chi connectivity index (χ2n) is 7.25. The fourth-order valence-corrected chi connectivity index (χ4v) is 3.99. The molecule has 0 aliphatic carbocycles. The van der Waals surface area contributed by atoms with E-state index < -0.39 is 0 Å². The molecule has 2 aromatic carbocycles. The molecule has 6 heteroatoms. The highest BCUT2D eigenvalue weighted by atomic mass is 35.5. The van der Waals surface area contributed by atoms with Gasteiger partial charge in [0.2, 0.25) is 5.91 Å². The quantitative estimate of drug-likeness (QED) is 0.401. The Labute approximate surface area is 175 Å². The number of nitrogens with zero attached hydrogens (tertiary/aromatic N) is 3. The highest BCUT2D eigenvalue weighted by Gasteiger charge is 2.33. The molecule has 0 spiro atoms. The van der Waals surface area contributed by atoms with E-state index in [-0.39, 0.29) is 11.8 Å². The molecule has 0 saturated carbocycles. The van der Waals surface area contributed by atoms with Gasteiger partial charge in [0.15, 0.2) is 0 Å². The molecule has 1 aliphatic heterocycles. The van der Waals surface area contributed by atoms with E-state index in [1.54, 1.807) is 6.08 Å². The normalized spacial score (nSPS) is 16.5. The summed E-state index contributed by atoms with van der Waals surface area (Å²) in [6.45, 7) is 6.41. The summed E-state index contributed by atoms with van der Waals surface area (Å²) in [5.74, 6) is 2.07. The van der Waals surface area contributed by atoms with Crippen molar-refractivity contribution in [3.05, 3.63) is 72.0 Å².